The molecule has 162 valence electrons. The fourth-order valence-electron chi connectivity index (χ4n) is 3.30. The molecule has 1 saturated heterocycles. The summed E-state index contributed by atoms with van der Waals surface area (Å²) in [7, 11) is 3.45. The number of nitrogens with zero attached hydrogens (tertiary/aromatic N) is 2. The normalized spacial score (nSPS) is 14.9. The van der Waals surface area contributed by atoms with Gasteiger partial charge in [-0.1, -0.05) is 30.3 Å². The third-order valence-corrected chi connectivity index (χ3v) is 5.00. The molecule has 0 amide bonds. The Labute approximate surface area is 179 Å². The van der Waals surface area contributed by atoms with E-state index < -0.39 is 0 Å². The summed E-state index contributed by atoms with van der Waals surface area (Å²) in [4.78, 5) is 6.67. The third kappa shape index (κ3) is 6.93. The summed E-state index contributed by atoms with van der Waals surface area (Å²) in [6, 6.07) is 16.1. The van der Waals surface area contributed by atoms with Crippen LogP contribution in [0.25, 0.3) is 0 Å². The number of guanidine groups is 1. The van der Waals surface area contributed by atoms with E-state index in [1.807, 2.05) is 36.4 Å². The van der Waals surface area contributed by atoms with Gasteiger partial charge in [0.25, 0.3) is 0 Å². The van der Waals surface area contributed by atoms with Crippen LogP contribution in [-0.4, -0.2) is 64.5 Å². The van der Waals surface area contributed by atoms with Gasteiger partial charge in [-0.15, -0.1) is 0 Å². The molecule has 30 heavy (non-hydrogen) atoms. The first-order chi connectivity index (χ1) is 14.8. The molecule has 0 atom stereocenters. The lowest BCUT2D eigenvalue weighted by atomic mass is 10.2. The van der Waals surface area contributed by atoms with Gasteiger partial charge in [0.1, 0.15) is 18.1 Å². The summed E-state index contributed by atoms with van der Waals surface area (Å²) in [6.45, 7) is 6.48. The molecule has 7 heteroatoms. The van der Waals surface area contributed by atoms with Gasteiger partial charge >= 0.3 is 0 Å². The minimum Gasteiger partial charge on any atom is -0.496 e. The van der Waals surface area contributed by atoms with Gasteiger partial charge in [0.2, 0.25) is 0 Å². The summed E-state index contributed by atoms with van der Waals surface area (Å²) in [5, 5.41) is 6.68. The van der Waals surface area contributed by atoms with Gasteiger partial charge < -0.3 is 24.8 Å². The molecule has 2 N–H and O–H groups in total. The van der Waals surface area contributed by atoms with E-state index in [1.165, 1.54) is 0 Å². The van der Waals surface area contributed by atoms with Crippen molar-refractivity contribution in [3.05, 3.63) is 59.7 Å². The van der Waals surface area contributed by atoms with Gasteiger partial charge in [0.15, 0.2) is 5.96 Å². The highest BCUT2D eigenvalue weighted by molar-refractivity contribution is 5.79. The van der Waals surface area contributed by atoms with E-state index in [2.05, 4.69) is 32.7 Å². The second-order valence-electron chi connectivity index (χ2n) is 7.04. The molecule has 1 aliphatic heterocycles. The summed E-state index contributed by atoms with van der Waals surface area (Å²) in [5.41, 5.74) is 2.22. The maximum atomic E-state index is 5.94. The number of para-hydroxylation sites is 1. The topological polar surface area (TPSA) is 67.4 Å². The smallest absolute Gasteiger partial charge is 0.191 e. The third-order valence-electron chi connectivity index (χ3n) is 5.00. The molecular weight excluding hydrogens is 380 g/mol. The Morgan fingerprint density at radius 1 is 1.07 bits per heavy atom. The fraction of sp³-hybridized carbons (Fsp3) is 0.435. The van der Waals surface area contributed by atoms with Crippen LogP contribution < -0.4 is 20.1 Å². The summed E-state index contributed by atoms with van der Waals surface area (Å²) < 4.78 is 16.7. The molecular formula is C23H32N4O3. The van der Waals surface area contributed by atoms with Crippen molar-refractivity contribution in [1.29, 1.82) is 0 Å². The minimum absolute atomic E-state index is 0.633. The predicted octanol–water partition coefficient (Wildman–Crippen LogP) is 2.27. The zero-order valence-electron chi connectivity index (χ0n) is 17.9. The Bertz CT molecular complexity index is 807. The monoisotopic (exact) mass is 412 g/mol. The van der Waals surface area contributed by atoms with E-state index in [4.69, 9.17) is 14.2 Å². The fourth-order valence-corrected chi connectivity index (χ4v) is 3.30. The minimum atomic E-state index is 0.633. The highest BCUT2D eigenvalue weighted by Crippen LogP contribution is 2.17. The molecule has 7 nitrogen and oxygen atoms in total. The number of hydrogen-bond acceptors (Lipinski definition) is 5. The first kappa shape index (κ1) is 21.9. The van der Waals surface area contributed by atoms with E-state index in [1.54, 1.807) is 14.2 Å². The molecule has 0 spiro atoms. The highest BCUT2D eigenvalue weighted by Gasteiger charge is 2.10. The van der Waals surface area contributed by atoms with Gasteiger partial charge in [-0.3, -0.25) is 9.89 Å². The average Bonchev–Trinajstić information content (AvgIpc) is 2.80. The van der Waals surface area contributed by atoms with E-state index in [0.717, 1.165) is 61.4 Å². The van der Waals surface area contributed by atoms with Crippen molar-refractivity contribution in [1.82, 2.24) is 15.5 Å². The van der Waals surface area contributed by atoms with Crippen LogP contribution in [0.5, 0.6) is 11.5 Å². The molecule has 0 radical (unpaired) electrons. The molecule has 3 rings (SSSR count). The van der Waals surface area contributed by atoms with Crippen LogP contribution in [0.4, 0.5) is 0 Å². The zero-order valence-corrected chi connectivity index (χ0v) is 17.9. The first-order valence-corrected chi connectivity index (χ1v) is 10.4. The summed E-state index contributed by atoms with van der Waals surface area (Å²) in [5.74, 6) is 2.49. The van der Waals surface area contributed by atoms with E-state index in [0.29, 0.717) is 19.7 Å². The number of ether oxygens (including phenoxy) is 3. The SMILES string of the molecule is CN=C(NCc1cccc(OCCN2CCOCC2)c1)NCc1ccccc1OC. The zero-order chi connectivity index (χ0) is 21.0. The Balaban J connectivity index is 1.44. The van der Waals surface area contributed by atoms with E-state index >= 15 is 0 Å². The number of hydrogen-bond donors (Lipinski definition) is 2. The quantitative estimate of drug-likeness (QED) is 0.487. The Morgan fingerprint density at radius 3 is 2.67 bits per heavy atom. The molecule has 0 bridgehead atoms. The maximum Gasteiger partial charge on any atom is 0.191 e. The van der Waals surface area contributed by atoms with Crippen LogP contribution in [0.2, 0.25) is 0 Å². The van der Waals surface area contributed by atoms with Gasteiger partial charge in [-0.25, -0.2) is 0 Å². The summed E-state index contributed by atoms with van der Waals surface area (Å²) in [6.07, 6.45) is 0. The second kappa shape index (κ2) is 12.0. The lowest BCUT2D eigenvalue weighted by Gasteiger charge is -2.26. The van der Waals surface area contributed by atoms with Crippen LogP contribution in [-0.2, 0) is 17.8 Å². The predicted molar refractivity (Wildman–Crippen MR) is 119 cm³/mol. The standard InChI is InChI=1S/C23H32N4O3/c1-24-23(26-18-20-7-3-4-9-22(20)28-2)25-17-19-6-5-8-21(16-19)30-15-12-27-10-13-29-14-11-27/h3-9,16H,10-15,17-18H2,1-2H3,(H2,24,25,26). The van der Waals surface area contributed by atoms with Crippen LogP contribution in [0.3, 0.4) is 0 Å². The van der Waals surface area contributed by atoms with Crippen LogP contribution in [0.15, 0.2) is 53.5 Å². The number of aliphatic imine (C=N–C) groups is 1. The van der Waals surface area contributed by atoms with Crippen molar-refractivity contribution in [2.45, 2.75) is 13.1 Å². The van der Waals surface area contributed by atoms with Gasteiger partial charge in [0, 0.05) is 45.3 Å². The lowest BCUT2D eigenvalue weighted by molar-refractivity contribution is 0.0322. The van der Waals surface area contributed by atoms with Gasteiger partial charge in [0.05, 0.1) is 20.3 Å². The molecule has 0 aliphatic carbocycles. The Kier molecular flexibility index (Phi) is 8.80. The maximum absolute atomic E-state index is 5.94. The van der Waals surface area contributed by atoms with E-state index in [-0.39, 0.29) is 0 Å². The van der Waals surface area contributed by atoms with Crippen molar-refractivity contribution in [2.75, 3.05) is 53.6 Å². The number of methoxy groups -OCH3 is 1. The molecule has 0 saturated carbocycles. The molecule has 0 aromatic heterocycles. The van der Waals surface area contributed by atoms with Crippen molar-refractivity contribution < 1.29 is 14.2 Å². The van der Waals surface area contributed by atoms with Gasteiger partial charge in [-0.05, 0) is 23.8 Å². The van der Waals surface area contributed by atoms with Crippen molar-refractivity contribution in [2.24, 2.45) is 4.99 Å². The second-order valence-corrected chi connectivity index (χ2v) is 7.04. The number of nitrogens with one attached hydrogen (secondary N) is 2. The molecule has 2 aromatic rings. The molecule has 1 aliphatic rings. The lowest BCUT2D eigenvalue weighted by Crippen LogP contribution is -2.38. The number of morpholine rings is 1. The molecule has 1 fully saturated rings. The molecule has 0 unspecified atom stereocenters. The Morgan fingerprint density at radius 2 is 1.87 bits per heavy atom. The number of rotatable bonds is 9. The summed E-state index contributed by atoms with van der Waals surface area (Å²) >= 11 is 0. The Hall–Kier alpha value is -2.77. The van der Waals surface area contributed by atoms with Crippen molar-refractivity contribution >= 4 is 5.96 Å². The average molecular weight is 413 g/mol. The van der Waals surface area contributed by atoms with Crippen LogP contribution in [0, 0.1) is 0 Å². The van der Waals surface area contributed by atoms with Crippen molar-refractivity contribution in [3.8, 4) is 11.5 Å². The number of benzene rings is 2. The molecule has 2 aromatic carbocycles. The van der Waals surface area contributed by atoms with E-state index in [9.17, 15) is 0 Å². The van der Waals surface area contributed by atoms with Gasteiger partial charge in [-0.2, -0.15) is 0 Å². The largest absolute Gasteiger partial charge is 0.496 e. The van der Waals surface area contributed by atoms with Crippen LogP contribution in [0.1, 0.15) is 11.1 Å². The molecule has 1 heterocycles. The van der Waals surface area contributed by atoms with Crippen LogP contribution >= 0.6 is 0 Å². The first-order valence-electron chi connectivity index (χ1n) is 10.4. The van der Waals surface area contributed by atoms with Crippen molar-refractivity contribution in [3.63, 3.8) is 0 Å². The highest BCUT2D eigenvalue weighted by atomic mass is 16.5.